The number of hydrogen-bond acceptors (Lipinski definition) is 5. The van der Waals surface area contributed by atoms with Gasteiger partial charge in [-0.3, -0.25) is 5.32 Å². The molecule has 1 amide bonds. The van der Waals surface area contributed by atoms with Gasteiger partial charge in [0.25, 0.3) is 0 Å². The van der Waals surface area contributed by atoms with Crippen molar-refractivity contribution in [3.63, 3.8) is 0 Å². The fourth-order valence-electron chi connectivity index (χ4n) is 2.02. The first kappa shape index (κ1) is 12.6. The van der Waals surface area contributed by atoms with E-state index in [4.69, 9.17) is 0 Å². The van der Waals surface area contributed by atoms with Crippen molar-refractivity contribution in [1.82, 2.24) is 10.2 Å². The van der Waals surface area contributed by atoms with E-state index in [-0.39, 0.29) is 0 Å². The Morgan fingerprint density at radius 3 is 2.50 bits per heavy atom. The van der Waals surface area contributed by atoms with Crippen molar-refractivity contribution in [2.75, 3.05) is 30.4 Å². The summed E-state index contributed by atoms with van der Waals surface area (Å²) in [6, 6.07) is 3.62. The molecule has 1 saturated heterocycles. The van der Waals surface area contributed by atoms with Gasteiger partial charge in [-0.05, 0) is 25.0 Å². The van der Waals surface area contributed by atoms with E-state index in [0.717, 1.165) is 18.9 Å². The molecule has 1 aliphatic heterocycles. The van der Waals surface area contributed by atoms with Crippen molar-refractivity contribution in [1.29, 1.82) is 0 Å². The highest BCUT2D eigenvalue weighted by atomic mass is 16.5. The first-order valence-corrected chi connectivity index (χ1v) is 6.23. The Bertz CT molecular complexity index is 386. The van der Waals surface area contributed by atoms with Crippen LogP contribution in [-0.4, -0.2) is 36.5 Å². The summed E-state index contributed by atoms with van der Waals surface area (Å²) >= 11 is 0. The molecule has 6 nitrogen and oxygen atoms in total. The highest BCUT2D eigenvalue weighted by Crippen LogP contribution is 2.17. The van der Waals surface area contributed by atoms with Gasteiger partial charge in [-0.1, -0.05) is 12.8 Å². The van der Waals surface area contributed by atoms with Crippen LogP contribution in [-0.2, 0) is 4.74 Å². The molecule has 2 heterocycles. The molecule has 1 N–H and O–H groups in total. The second-order valence-corrected chi connectivity index (χ2v) is 4.29. The van der Waals surface area contributed by atoms with Crippen LogP contribution >= 0.6 is 0 Å². The number of amides is 1. The normalized spacial score (nSPS) is 15.9. The van der Waals surface area contributed by atoms with Crippen LogP contribution in [0.15, 0.2) is 12.1 Å². The molecule has 0 aliphatic carbocycles. The van der Waals surface area contributed by atoms with E-state index >= 15 is 0 Å². The third kappa shape index (κ3) is 3.32. The van der Waals surface area contributed by atoms with Gasteiger partial charge in [0.1, 0.15) is 0 Å². The molecule has 1 aliphatic rings. The van der Waals surface area contributed by atoms with Crippen molar-refractivity contribution in [2.45, 2.75) is 25.7 Å². The fraction of sp³-hybridized carbons (Fsp3) is 0.583. The maximum absolute atomic E-state index is 11.0. The number of hydrogen-bond donors (Lipinski definition) is 1. The van der Waals surface area contributed by atoms with Crippen molar-refractivity contribution in [2.24, 2.45) is 0 Å². The van der Waals surface area contributed by atoms with Gasteiger partial charge < -0.3 is 9.64 Å². The highest BCUT2D eigenvalue weighted by Gasteiger charge is 2.11. The molecule has 2 rings (SSSR count). The second-order valence-electron chi connectivity index (χ2n) is 4.29. The Labute approximate surface area is 106 Å². The molecule has 0 aromatic carbocycles. The summed E-state index contributed by atoms with van der Waals surface area (Å²) in [6.07, 6.45) is 4.43. The molecule has 6 heteroatoms. The monoisotopic (exact) mass is 250 g/mol. The maximum Gasteiger partial charge on any atom is 0.412 e. The lowest BCUT2D eigenvalue weighted by Crippen LogP contribution is -2.25. The molecule has 18 heavy (non-hydrogen) atoms. The third-order valence-corrected chi connectivity index (χ3v) is 3.00. The molecule has 1 aromatic rings. The van der Waals surface area contributed by atoms with Crippen LogP contribution in [0.2, 0.25) is 0 Å². The van der Waals surface area contributed by atoms with E-state index in [1.807, 2.05) is 6.07 Å². The molecule has 0 bridgehead atoms. The van der Waals surface area contributed by atoms with E-state index < -0.39 is 6.09 Å². The van der Waals surface area contributed by atoms with Crippen molar-refractivity contribution >= 4 is 17.7 Å². The molecule has 0 atom stereocenters. The Kier molecular flexibility index (Phi) is 4.33. The lowest BCUT2D eigenvalue weighted by Gasteiger charge is -2.20. The number of ether oxygens (including phenoxy) is 1. The largest absolute Gasteiger partial charge is 0.453 e. The molecule has 1 fully saturated rings. The smallest absolute Gasteiger partial charge is 0.412 e. The zero-order valence-corrected chi connectivity index (χ0v) is 10.6. The Hall–Kier alpha value is -1.85. The molecular weight excluding hydrogens is 232 g/mol. The Morgan fingerprint density at radius 1 is 1.22 bits per heavy atom. The number of carbonyl (C=O) groups excluding carboxylic acids is 1. The van der Waals surface area contributed by atoms with Gasteiger partial charge in [-0.15, -0.1) is 10.2 Å². The van der Waals surface area contributed by atoms with Crippen LogP contribution in [0.4, 0.5) is 16.4 Å². The number of nitrogens with one attached hydrogen (secondary N) is 1. The SMILES string of the molecule is COC(=O)Nc1ccc(N2CCCCCC2)nn1. The molecule has 0 unspecified atom stereocenters. The summed E-state index contributed by atoms with van der Waals surface area (Å²) in [5.74, 6) is 1.27. The van der Waals surface area contributed by atoms with Crippen molar-refractivity contribution in [3.8, 4) is 0 Å². The highest BCUT2D eigenvalue weighted by molar-refractivity contribution is 5.83. The standard InChI is InChI=1S/C12H18N4O2/c1-18-12(17)13-10-6-7-11(15-14-10)16-8-4-2-3-5-9-16/h6-7H,2-5,8-9H2,1H3,(H,13,14,17). The van der Waals surface area contributed by atoms with E-state index in [2.05, 4.69) is 25.2 Å². The molecule has 0 spiro atoms. The first-order chi connectivity index (χ1) is 8.79. The maximum atomic E-state index is 11.0. The quantitative estimate of drug-likeness (QED) is 0.870. The minimum Gasteiger partial charge on any atom is -0.453 e. The summed E-state index contributed by atoms with van der Waals surface area (Å²) in [5, 5.41) is 10.6. The van der Waals surface area contributed by atoms with Gasteiger partial charge in [0, 0.05) is 13.1 Å². The van der Waals surface area contributed by atoms with E-state index in [1.54, 1.807) is 6.07 Å². The molecule has 0 saturated carbocycles. The Morgan fingerprint density at radius 2 is 1.94 bits per heavy atom. The van der Waals surface area contributed by atoms with Gasteiger partial charge in [0.2, 0.25) is 0 Å². The van der Waals surface area contributed by atoms with Gasteiger partial charge in [-0.25, -0.2) is 4.79 Å². The molecule has 98 valence electrons. The van der Waals surface area contributed by atoms with Crippen LogP contribution < -0.4 is 10.2 Å². The number of methoxy groups -OCH3 is 1. The molecule has 1 aromatic heterocycles. The molecule has 0 radical (unpaired) electrons. The van der Waals surface area contributed by atoms with Gasteiger partial charge >= 0.3 is 6.09 Å². The lowest BCUT2D eigenvalue weighted by molar-refractivity contribution is 0.187. The average molecular weight is 250 g/mol. The predicted molar refractivity (Wildman–Crippen MR) is 68.7 cm³/mol. The number of anilines is 2. The van der Waals surface area contributed by atoms with Crippen molar-refractivity contribution in [3.05, 3.63) is 12.1 Å². The number of aromatic nitrogens is 2. The first-order valence-electron chi connectivity index (χ1n) is 6.23. The third-order valence-electron chi connectivity index (χ3n) is 3.00. The van der Waals surface area contributed by atoms with Crippen LogP contribution in [0.5, 0.6) is 0 Å². The van der Waals surface area contributed by atoms with E-state index in [1.165, 1.54) is 32.8 Å². The van der Waals surface area contributed by atoms with E-state index in [0.29, 0.717) is 5.82 Å². The zero-order chi connectivity index (χ0) is 12.8. The lowest BCUT2D eigenvalue weighted by atomic mass is 10.2. The minimum absolute atomic E-state index is 0.403. The van der Waals surface area contributed by atoms with Gasteiger partial charge in [-0.2, -0.15) is 0 Å². The number of nitrogens with zero attached hydrogens (tertiary/aromatic N) is 3. The fourth-order valence-corrected chi connectivity index (χ4v) is 2.02. The van der Waals surface area contributed by atoms with Gasteiger partial charge in [0.15, 0.2) is 11.6 Å². The summed E-state index contributed by atoms with van der Waals surface area (Å²) in [4.78, 5) is 13.2. The second kappa shape index (κ2) is 6.18. The summed E-state index contributed by atoms with van der Waals surface area (Å²) < 4.78 is 4.49. The van der Waals surface area contributed by atoms with Crippen LogP contribution in [0.25, 0.3) is 0 Å². The number of carbonyl (C=O) groups is 1. The van der Waals surface area contributed by atoms with Crippen LogP contribution in [0, 0.1) is 0 Å². The zero-order valence-electron chi connectivity index (χ0n) is 10.6. The number of rotatable bonds is 2. The van der Waals surface area contributed by atoms with Crippen molar-refractivity contribution < 1.29 is 9.53 Å². The van der Waals surface area contributed by atoms with E-state index in [9.17, 15) is 4.79 Å². The summed E-state index contributed by atoms with van der Waals surface area (Å²) in [6.45, 7) is 2.05. The average Bonchev–Trinajstić information content (AvgIpc) is 2.68. The van der Waals surface area contributed by atoms with Crippen LogP contribution in [0.3, 0.4) is 0 Å². The molecular formula is C12H18N4O2. The topological polar surface area (TPSA) is 67.3 Å². The minimum atomic E-state index is -0.535. The Balaban J connectivity index is 1.99. The van der Waals surface area contributed by atoms with Crippen LogP contribution in [0.1, 0.15) is 25.7 Å². The summed E-state index contributed by atoms with van der Waals surface area (Å²) in [5.41, 5.74) is 0. The summed E-state index contributed by atoms with van der Waals surface area (Å²) in [7, 11) is 1.31. The van der Waals surface area contributed by atoms with Gasteiger partial charge in [0.05, 0.1) is 7.11 Å². The predicted octanol–water partition coefficient (Wildman–Crippen LogP) is 2.04.